The predicted molar refractivity (Wildman–Crippen MR) is 121 cm³/mol. The summed E-state index contributed by atoms with van der Waals surface area (Å²) in [6, 6.07) is -0.154. The van der Waals surface area contributed by atoms with E-state index in [0.29, 0.717) is 13.0 Å². The summed E-state index contributed by atoms with van der Waals surface area (Å²) in [6.07, 6.45) is 4.59. The molecule has 164 valence electrons. The maximum absolute atomic E-state index is 13.3. The summed E-state index contributed by atoms with van der Waals surface area (Å²) in [4.78, 5) is 28.7. The third-order valence-electron chi connectivity index (χ3n) is 6.49. The fourth-order valence-electron chi connectivity index (χ4n) is 4.71. The first-order chi connectivity index (χ1) is 14.3. The molecule has 1 amide bonds. The first-order valence-electron chi connectivity index (χ1n) is 10.8. The second kappa shape index (κ2) is 8.42. The van der Waals surface area contributed by atoms with Crippen molar-refractivity contribution in [1.29, 1.82) is 0 Å². The zero-order valence-electron chi connectivity index (χ0n) is 17.9. The number of carbonyl (C=O) groups is 1. The van der Waals surface area contributed by atoms with E-state index >= 15 is 0 Å². The van der Waals surface area contributed by atoms with Crippen molar-refractivity contribution in [2.24, 2.45) is 5.92 Å². The van der Waals surface area contributed by atoms with E-state index in [1.807, 2.05) is 11.8 Å². The van der Waals surface area contributed by atoms with E-state index in [0.717, 1.165) is 48.4 Å². The molecule has 2 saturated heterocycles. The zero-order valence-corrected chi connectivity index (χ0v) is 19.6. The molecule has 2 aliphatic rings. The van der Waals surface area contributed by atoms with Gasteiger partial charge in [0.1, 0.15) is 17.0 Å². The van der Waals surface area contributed by atoms with Gasteiger partial charge in [0.15, 0.2) is 9.84 Å². The molecule has 1 atom stereocenters. The Morgan fingerprint density at radius 3 is 2.60 bits per heavy atom. The Balaban J connectivity index is 1.47. The van der Waals surface area contributed by atoms with Gasteiger partial charge in [0.2, 0.25) is 5.91 Å². The molecule has 4 rings (SSSR count). The summed E-state index contributed by atoms with van der Waals surface area (Å²) in [5.41, 5.74) is 1.24. The van der Waals surface area contributed by atoms with Crippen molar-refractivity contribution in [2.45, 2.75) is 52.5 Å². The average molecular weight is 451 g/mol. The summed E-state index contributed by atoms with van der Waals surface area (Å²) in [6.45, 7) is 8.47. The number of nitrogens with zero attached hydrogens (tertiary/aromatic N) is 4. The number of piperidine rings is 1. The lowest BCUT2D eigenvalue weighted by atomic mass is 9.94. The smallest absolute Gasteiger partial charge is 0.226 e. The van der Waals surface area contributed by atoms with E-state index in [-0.39, 0.29) is 29.4 Å². The van der Waals surface area contributed by atoms with E-state index in [1.165, 1.54) is 10.4 Å². The molecular formula is C21H30N4O3S2. The number of fused-ring (bicyclic) bond motifs is 1. The molecule has 2 aromatic heterocycles. The maximum Gasteiger partial charge on any atom is 0.226 e. The Morgan fingerprint density at radius 1 is 1.23 bits per heavy atom. The summed E-state index contributed by atoms with van der Waals surface area (Å²) in [5.74, 6) is 1.38. The van der Waals surface area contributed by atoms with Crippen molar-refractivity contribution in [1.82, 2.24) is 14.9 Å². The van der Waals surface area contributed by atoms with Crippen LogP contribution in [0.4, 0.5) is 5.82 Å². The highest BCUT2D eigenvalue weighted by atomic mass is 32.2. The van der Waals surface area contributed by atoms with Gasteiger partial charge in [-0.25, -0.2) is 18.4 Å². The first kappa shape index (κ1) is 21.5. The molecule has 0 bridgehead atoms. The lowest BCUT2D eigenvalue weighted by molar-refractivity contribution is -0.138. The van der Waals surface area contributed by atoms with Gasteiger partial charge in [-0.2, -0.15) is 0 Å². The quantitative estimate of drug-likeness (QED) is 0.696. The third kappa shape index (κ3) is 4.06. The number of sulfone groups is 1. The summed E-state index contributed by atoms with van der Waals surface area (Å²) in [5, 5.41) is 1.13. The molecule has 2 aromatic rings. The molecule has 0 N–H and O–H groups in total. The minimum absolute atomic E-state index is 0.0428. The van der Waals surface area contributed by atoms with E-state index in [9.17, 15) is 13.2 Å². The Kier molecular flexibility index (Phi) is 6.03. The summed E-state index contributed by atoms with van der Waals surface area (Å²) in [7, 11) is -3.01. The van der Waals surface area contributed by atoms with E-state index in [1.54, 1.807) is 17.7 Å². The fourth-order valence-corrected chi connectivity index (χ4v) is 7.43. The van der Waals surface area contributed by atoms with Crippen LogP contribution < -0.4 is 4.90 Å². The highest BCUT2D eigenvalue weighted by Crippen LogP contribution is 2.36. The molecule has 1 unspecified atom stereocenters. The Labute approximate surface area is 182 Å². The number of aromatic nitrogens is 2. The molecule has 2 aliphatic heterocycles. The van der Waals surface area contributed by atoms with E-state index < -0.39 is 9.84 Å². The van der Waals surface area contributed by atoms with Gasteiger partial charge in [-0.3, -0.25) is 4.79 Å². The van der Waals surface area contributed by atoms with Gasteiger partial charge < -0.3 is 9.80 Å². The molecule has 9 heteroatoms. The van der Waals surface area contributed by atoms with Crippen molar-refractivity contribution in [3.63, 3.8) is 0 Å². The number of hydrogen-bond acceptors (Lipinski definition) is 7. The van der Waals surface area contributed by atoms with Gasteiger partial charge >= 0.3 is 0 Å². The van der Waals surface area contributed by atoms with Crippen LogP contribution in [0.15, 0.2) is 6.33 Å². The standard InChI is InChI=1S/C21H30N4O3S2/c1-4-8-25(17-7-11-30(27,28)12-17)21(26)16-5-9-24(10-6-16)19-18-14(2)15(3)29-20(18)23-13-22-19/h13,16-17H,4-12H2,1-3H3. The number of rotatable bonds is 5. The number of aryl methyl sites for hydroxylation is 2. The van der Waals surface area contributed by atoms with Crippen molar-refractivity contribution < 1.29 is 13.2 Å². The van der Waals surface area contributed by atoms with Crippen LogP contribution in [-0.4, -0.2) is 66.4 Å². The lowest BCUT2D eigenvalue weighted by Crippen LogP contribution is -2.47. The summed E-state index contributed by atoms with van der Waals surface area (Å²) >= 11 is 1.70. The van der Waals surface area contributed by atoms with Crippen LogP contribution in [0.25, 0.3) is 10.2 Å². The van der Waals surface area contributed by atoms with Crippen LogP contribution in [-0.2, 0) is 14.6 Å². The monoisotopic (exact) mass is 450 g/mol. The van der Waals surface area contributed by atoms with Gasteiger partial charge in [-0.1, -0.05) is 6.92 Å². The lowest BCUT2D eigenvalue weighted by Gasteiger charge is -2.37. The van der Waals surface area contributed by atoms with Crippen molar-refractivity contribution >= 4 is 43.1 Å². The normalized spacial score (nSPS) is 22.0. The predicted octanol–water partition coefficient (Wildman–Crippen LogP) is 2.95. The first-order valence-corrected chi connectivity index (χ1v) is 13.4. The second-order valence-corrected chi connectivity index (χ2v) is 11.9. The molecule has 2 fully saturated rings. The molecule has 0 spiro atoms. The maximum atomic E-state index is 13.3. The average Bonchev–Trinajstić information content (AvgIpc) is 3.24. The van der Waals surface area contributed by atoms with Crippen molar-refractivity contribution in [2.75, 3.05) is 36.0 Å². The van der Waals surface area contributed by atoms with Gasteiger partial charge in [0.05, 0.1) is 16.9 Å². The number of thiophene rings is 1. The van der Waals surface area contributed by atoms with E-state index in [4.69, 9.17) is 0 Å². The minimum Gasteiger partial charge on any atom is -0.356 e. The summed E-state index contributed by atoms with van der Waals surface area (Å²) < 4.78 is 23.9. The molecule has 0 saturated carbocycles. The van der Waals surface area contributed by atoms with Crippen LogP contribution in [0.3, 0.4) is 0 Å². The zero-order chi connectivity index (χ0) is 21.5. The SMILES string of the molecule is CCCN(C(=O)C1CCN(c2ncnc3sc(C)c(C)c23)CC1)C1CCS(=O)(=O)C1. The number of carbonyl (C=O) groups excluding carboxylic acids is 1. The van der Waals surface area contributed by atoms with Gasteiger partial charge in [-0.05, 0) is 45.1 Å². The molecule has 0 aromatic carbocycles. The number of amides is 1. The van der Waals surface area contributed by atoms with Crippen LogP contribution in [0.2, 0.25) is 0 Å². The molecule has 7 nitrogen and oxygen atoms in total. The largest absolute Gasteiger partial charge is 0.356 e. The van der Waals surface area contributed by atoms with Crippen molar-refractivity contribution in [3.05, 3.63) is 16.8 Å². The van der Waals surface area contributed by atoms with Crippen molar-refractivity contribution in [3.8, 4) is 0 Å². The molecule has 0 aliphatic carbocycles. The molecule has 4 heterocycles. The molecule has 30 heavy (non-hydrogen) atoms. The van der Waals surface area contributed by atoms with Crippen LogP contribution in [0.1, 0.15) is 43.0 Å². The number of anilines is 1. The fraction of sp³-hybridized carbons (Fsp3) is 0.667. The van der Waals surface area contributed by atoms with Gasteiger partial charge in [0.25, 0.3) is 0 Å². The second-order valence-electron chi connectivity index (χ2n) is 8.51. The molecular weight excluding hydrogens is 420 g/mol. The third-order valence-corrected chi connectivity index (χ3v) is 9.35. The minimum atomic E-state index is -3.01. The van der Waals surface area contributed by atoms with Crippen LogP contribution in [0.5, 0.6) is 0 Å². The van der Waals surface area contributed by atoms with E-state index in [2.05, 4.69) is 28.7 Å². The highest BCUT2D eigenvalue weighted by Gasteiger charge is 2.37. The van der Waals surface area contributed by atoms with Crippen LogP contribution >= 0.6 is 11.3 Å². The Bertz CT molecular complexity index is 1040. The Morgan fingerprint density at radius 2 is 1.97 bits per heavy atom. The molecule has 0 radical (unpaired) electrons. The topological polar surface area (TPSA) is 83.5 Å². The van der Waals surface area contributed by atoms with Gasteiger partial charge in [0, 0.05) is 36.5 Å². The van der Waals surface area contributed by atoms with Crippen LogP contribution in [0, 0.1) is 19.8 Å². The van der Waals surface area contributed by atoms with Gasteiger partial charge in [-0.15, -0.1) is 11.3 Å². The Hall–Kier alpha value is -1.74. The highest BCUT2D eigenvalue weighted by molar-refractivity contribution is 7.91. The number of hydrogen-bond donors (Lipinski definition) is 0.